The van der Waals surface area contributed by atoms with Gasteiger partial charge in [-0.05, 0) is 42.5 Å². The topological polar surface area (TPSA) is 46.5 Å². The number of nitrogens with one attached hydrogen (secondary N) is 1. The molecule has 2 heterocycles. The Hall–Kier alpha value is -2.70. The molecule has 27 heavy (non-hydrogen) atoms. The van der Waals surface area contributed by atoms with Gasteiger partial charge in [0, 0.05) is 54.5 Å². The summed E-state index contributed by atoms with van der Waals surface area (Å²) in [7, 11) is 0. The number of carbonyl (C=O) groups is 1. The van der Waals surface area contributed by atoms with Crippen molar-refractivity contribution in [2.45, 2.75) is 6.54 Å². The van der Waals surface area contributed by atoms with E-state index in [1.165, 1.54) is 18.2 Å². The minimum absolute atomic E-state index is 0.304. The number of hydrogen-bond donors (Lipinski definition) is 1. The van der Waals surface area contributed by atoms with Gasteiger partial charge >= 0.3 is 0 Å². The lowest BCUT2D eigenvalue weighted by Crippen LogP contribution is -2.38. The molecule has 0 saturated carbocycles. The van der Waals surface area contributed by atoms with E-state index in [1.54, 1.807) is 6.07 Å². The summed E-state index contributed by atoms with van der Waals surface area (Å²) < 4.78 is 20.9. The van der Waals surface area contributed by atoms with Crippen LogP contribution in [0.2, 0.25) is 0 Å². The van der Waals surface area contributed by atoms with Gasteiger partial charge in [0.05, 0.1) is 13.2 Å². The molecule has 0 bridgehead atoms. The van der Waals surface area contributed by atoms with Gasteiger partial charge in [0.2, 0.25) is 0 Å². The summed E-state index contributed by atoms with van der Waals surface area (Å²) in [5, 5.41) is 3.90. The van der Waals surface area contributed by atoms with Gasteiger partial charge in [-0.3, -0.25) is 9.69 Å². The Kier molecular flexibility index (Phi) is 5.18. The molecule has 1 fully saturated rings. The maximum atomic E-state index is 13.3. The lowest BCUT2D eigenvalue weighted by molar-refractivity contribution is 0.0365. The summed E-state index contributed by atoms with van der Waals surface area (Å²) in [4.78, 5) is 14.7. The lowest BCUT2D eigenvalue weighted by Gasteiger charge is -2.26. The molecule has 6 heteroatoms. The first-order valence-corrected chi connectivity index (χ1v) is 9.15. The number of benzene rings is 2. The molecule has 0 aliphatic carbocycles. The lowest BCUT2D eigenvalue weighted by atomic mass is 10.2. The van der Waals surface area contributed by atoms with Gasteiger partial charge in [-0.25, -0.2) is 4.39 Å². The van der Waals surface area contributed by atoms with Gasteiger partial charge in [-0.2, -0.15) is 0 Å². The van der Waals surface area contributed by atoms with Crippen LogP contribution in [0, 0.1) is 5.82 Å². The SMILES string of the molecule is O=C(Nc1ccc2c(ccn2CCN2CCOCC2)c1)c1cccc(F)c1. The fourth-order valence-corrected chi connectivity index (χ4v) is 3.38. The Bertz CT molecular complexity index is 948. The number of anilines is 1. The van der Waals surface area contributed by atoms with Crippen molar-refractivity contribution >= 4 is 22.5 Å². The number of halogens is 1. The molecule has 1 saturated heterocycles. The number of nitrogens with zero attached hydrogens (tertiary/aromatic N) is 2. The van der Waals surface area contributed by atoms with Gasteiger partial charge in [0.25, 0.3) is 5.91 Å². The fraction of sp³-hybridized carbons (Fsp3) is 0.286. The first-order valence-electron chi connectivity index (χ1n) is 9.15. The highest BCUT2D eigenvalue weighted by Crippen LogP contribution is 2.21. The minimum Gasteiger partial charge on any atom is -0.379 e. The average Bonchev–Trinajstić information content (AvgIpc) is 3.09. The van der Waals surface area contributed by atoms with Crippen molar-refractivity contribution in [2.24, 2.45) is 0 Å². The van der Waals surface area contributed by atoms with Crippen LogP contribution in [0.5, 0.6) is 0 Å². The molecule has 0 atom stereocenters. The third-order valence-corrected chi connectivity index (χ3v) is 4.88. The third kappa shape index (κ3) is 4.18. The molecule has 4 rings (SSSR count). The Morgan fingerprint density at radius 2 is 1.93 bits per heavy atom. The summed E-state index contributed by atoms with van der Waals surface area (Å²) in [5.74, 6) is -0.740. The number of aromatic nitrogens is 1. The highest BCUT2D eigenvalue weighted by atomic mass is 19.1. The molecule has 2 aromatic carbocycles. The predicted octanol–water partition coefficient (Wildman–Crippen LogP) is 3.36. The van der Waals surface area contributed by atoms with Crippen LogP contribution >= 0.6 is 0 Å². The van der Waals surface area contributed by atoms with Gasteiger partial charge in [-0.1, -0.05) is 6.07 Å². The molecule has 1 aliphatic heterocycles. The van der Waals surface area contributed by atoms with Gasteiger partial charge in [0.1, 0.15) is 5.82 Å². The van der Waals surface area contributed by atoms with E-state index in [2.05, 4.69) is 21.0 Å². The molecule has 3 aromatic rings. The van der Waals surface area contributed by atoms with E-state index < -0.39 is 5.82 Å². The van der Waals surface area contributed by atoms with Crippen LogP contribution in [-0.4, -0.2) is 48.2 Å². The van der Waals surface area contributed by atoms with Crippen molar-refractivity contribution in [3.63, 3.8) is 0 Å². The molecule has 1 amide bonds. The predicted molar refractivity (Wildman–Crippen MR) is 104 cm³/mol. The second-order valence-electron chi connectivity index (χ2n) is 6.70. The maximum absolute atomic E-state index is 13.3. The molecule has 0 unspecified atom stereocenters. The van der Waals surface area contributed by atoms with Gasteiger partial charge in [-0.15, -0.1) is 0 Å². The number of amides is 1. The number of hydrogen-bond acceptors (Lipinski definition) is 3. The normalized spacial score (nSPS) is 15.1. The highest BCUT2D eigenvalue weighted by Gasteiger charge is 2.11. The molecule has 1 aromatic heterocycles. The molecule has 1 N–H and O–H groups in total. The first kappa shape index (κ1) is 17.7. The Labute approximate surface area is 157 Å². The van der Waals surface area contributed by atoms with Crippen molar-refractivity contribution in [1.82, 2.24) is 9.47 Å². The van der Waals surface area contributed by atoms with Gasteiger partial charge < -0.3 is 14.6 Å². The third-order valence-electron chi connectivity index (χ3n) is 4.88. The van der Waals surface area contributed by atoms with Crippen LogP contribution in [-0.2, 0) is 11.3 Å². The van der Waals surface area contributed by atoms with Crippen molar-refractivity contribution in [3.05, 3.63) is 66.1 Å². The van der Waals surface area contributed by atoms with E-state index >= 15 is 0 Å². The summed E-state index contributed by atoms with van der Waals surface area (Å²) in [5.41, 5.74) is 2.13. The van der Waals surface area contributed by atoms with Crippen molar-refractivity contribution in [3.8, 4) is 0 Å². The summed E-state index contributed by atoms with van der Waals surface area (Å²) >= 11 is 0. The standard InChI is InChI=1S/C21H22FN3O2/c22-18-3-1-2-17(14-18)21(26)23-19-4-5-20-16(15-19)6-7-25(20)9-8-24-10-12-27-13-11-24/h1-7,14-15H,8-13H2,(H,23,26). The molecular formula is C21H22FN3O2. The van der Waals surface area contributed by atoms with Crippen molar-refractivity contribution in [1.29, 1.82) is 0 Å². The number of fused-ring (bicyclic) bond motifs is 1. The molecule has 1 aliphatic rings. The van der Waals surface area contributed by atoms with Crippen LogP contribution < -0.4 is 5.32 Å². The van der Waals surface area contributed by atoms with E-state index in [4.69, 9.17) is 4.74 Å². The van der Waals surface area contributed by atoms with Crippen molar-refractivity contribution in [2.75, 3.05) is 38.2 Å². The molecular weight excluding hydrogens is 345 g/mol. The van der Waals surface area contributed by atoms with Crippen LogP contribution in [0.4, 0.5) is 10.1 Å². The van der Waals surface area contributed by atoms with Crippen LogP contribution in [0.25, 0.3) is 10.9 Å². The van der Waals surface area contributed by atoms with Crippen LogP contribution in [0.3, 0.4) is 0 Å². The number of rotatable bonds is 5. The number of morpholine rings is 1. The smallest absolute Gasteiger partial charge is 0.255 e. The second kappa shape index (κ2) is 7.90. The summed E-state index contributed by atoms with van der Waals surface area (Å²) in [6.07, 6.45) is 2.07. The Morgan fingerprint density at radius 3 is 2.74 bits per heavy atom. The molecule has 0 radical (unpaired) electrons. The number of ether oxygens (including phenoxy) is 1. The molecule has 5 nitrogen and oxygen atoms in total. The Balaban J connectivity index is 1.44. The van der Waals surface area contributed by atoms with Crippen LogP contribution in [0.1, 0.15) is 10.4 Å². The zero-order chi connectivity index (χ0) is 18.6. The van der Waals surface area contributed by atoms with E-state index in [-0.39, 0.29) is 5.91 Å². The minimum atomic E-state index is -0.421. The Morgan fingerprint density at radius 1 is 1.07 bits per heavy atom. The zero-order valence-corrected chi connectivity index (χ0v) is 15.0. The quantitative estimate of drug-likeness (QED) is 0.752. The monoisotopic (exact) mass is 367 g/mol. The zero-order valence-electron chi connectivity index (χ0n) is 15.0. The maximum Gasteiger partial charge on any atom is 0.255 e. The first-order chi connectivity index (χ1) is 13.2. The molecule has 140 valence electrons. The summed E-state index contributed by atoms with van der Waals surface area (Å²) in [6.45, 7) is 5.48. The fourth-order valence-electron chi connectivity index (χ4n) is 3.38. The largest absolute Gasteiger partial charge is 0.379 e. The highest BCUT2D eigenvalue weighted by molar-refractivity contribution is 6.05. The molecule has 0 spiro atoms. The van der Waals surface area contributed by atoms with E-state index in [0.717, 1.165) is 50.3 Å². The summed E-state index contributed by atoms with van der Waals surface area (Å²) in [6, 6.07) is 13.6. The second-order valence-corrected chi connectivity index (χ2v) is 6.70. The van der Waals surface area contributed by atoms with Gasteiger partial charge in [0.15, 0.2) is 0 Å². The van der Waals surface area contributed by atoms with E-state index in [1.807, 2.05) is 24.3 Å². The van der Waals surface area contributed by atoms with Crippen molar-refractivity contribution < 1.29 is 13.9 Å². The number of carbonyl (C=O) groups excluding carboxylic acids is 1. The van der Waals surface area contributed by atoms with Crippen LogP contribution in [0.15, 0.2) is 54.7 Å². The average molecular weight is 367 g/mol. The van der Waals surface area contributed by atoms with E-state index in [9.17, 15) is 9.18 Å². The van der Waals surface area contributed by atoms with E-state index in [0.29, 0.717) is 11.3 Å².